The third-order valence-electron chi connectivity index (χ3n) is 5.33. The Morgan fingerprint density at radius 3 is 2.50 bits per heavy atom. The van der Waals surface area contributed by atoms with Crippen LogP contribution < -0.4 is 10.6 Å². The number of benzene rings is 1. The molecule has 2 aromatic heterocycles. The fraction of sp³-hybridized carbons (Fsp3) is 0.333. The number of halogens is 1. The number of rotatable bonds is 5. The lowest BCUT2D eigenvalue weighted by molar-refractivity contribution is 0.0925. The standard InChI is InChI=1S/C21H22BrN5O2S/c1-13-10-14(22)2-7-17(13)26-21(29)19-9-8-18(30-19)20(28)25-15-3-5-16(6-4-15)27-12-23-11-24-27/h2,7-12,15-16H,3-6H2,1H3,(H,25,28)(H,26,29). The van der Waals surface area contributed by atoms with E-state index in [1.54, 1.807) is 24.8 Å². The van der Waals surface area contributed by atoms with Gasteiger partial charge in [-0.2, -0.15) is 5.10 Å². The van der Waals surface area contributed by atoms with Gasteiger partial charge in [-0.05, 0) is 68.5 Å². The highest BCUT2D eigenvalue weighted by Gasteiger charge is 2.25. The minimum atomic E-state index is -0.210. The SMILES string of the molecule is Cc1cc(Br)ccc1NC(=O)c1ccc(C(=O)NC2CCC(n3cncn3)CC2)s1. The van der Waals surface area contributed by atoms with Crippen LogP contribution in [0, 0.1) is 6.92 Å². The van der Waals surface area contributed by atoms with E-state index in [-0.39, 0.29) is 17.9 Å². The average Bonchev–Trinajstić information content (AvgIpc) is 3.43. The molecule has 4 rings (SSSR count). The molecule has 0 atom stereocenters. The number of carbonyl (C=O) groups excluding carboxylic acids is 2. The van der Waals surface area contributed by atoms with Crippen molar-refractivity contribution in [1.29, 1.82) is 0 Å². The monoisotopic (exact) mass is 487 g/mol. The smallest absolute Gasteiger partial charge is 0.265 e. The summed E-state index contributed by atoms with van der Waals surface area (Å²) in [6.45, 7) is 1.94. The quantitative estimate of drug-likeness (QED) is 0.551. The van der Waals surface area contributed by atoms with Crippen LogP contribution in [0.5, 0.6) is 0 Å². The molecular weight excluding hydrogens is 466 g/mol. The molecule has 1 fully saturated rings. The first kappa shape index (κ1) is 20.7. The number of hydrogen-bond donors (Lipinski definition) is 2. The first-order valence-corrected chi connectivity index (χ1v) is 11.4. The number of nitrogens with one attached hydrogen (secondary N) is 2. The average molecular weight is 488 g/mol. The summed E-state index contributed by atoms with van der Waals surface area (Å²) < 4.78 is 2.86. The maximum Gasteiger partial charge on any atom is 0.265 e. The molecule has 0 aliphatic heterocycles. The van der Waals surface area contributed by atoms with Crippen molar-refractivity contribution >= 4 is 44.8 Å². The molecule has 2 amide bonds. The molecule has 0 radical (unpaired) electrons. The Balaban J connectivity index is 1.32. The predicted octanol–water partition coefficient (Wildman–Crippen LogP) is 4.58. The molecule has 2 N–H and O–H groups in total. The number of carbonyl (C=O) groups is 2. The summed E-state index contributed by atoms with van der Waals surface area (Å²) in [5.74, 6) is -0.333. The zero-order valence-corrected chi connectivity index (χ0v) is 18.9. The molecule has 1 aliphatic rings. The zero-order valence-electron chi connectivity index (χ0n) is 16.5. The van der Waals surface area contributed by atoms with Gasteiger partial charge in [-0.3, -0.25) is 9.59 Å². The van der Waals surface area contributed by atoms with Crippen LogP contribution in [0.1, 0.15) is 56.6 Å². The van der Waals surface area contributed by atoms with E-state index in [1.807, 2.05) is 29.8 Å². The van der Waals surface area contributed by atoms with Gasteiger partial charge in [0.1, 0.15) is 12.7 Å². The first-order valence-electron chi connectivity index (χ1n) is 9.82. The molecule has 1 saturated carbocycles. The van der Waals surface area contributed by atoms with Crippen LogP contribution in [-0.2, 0) is 0 Å². The van der Waals surface area contributed by atoms with Gasteiger partial charge in [0.05, 0.1) is 15.8 Å². The van der Waals surface area contributed by atoms with Crippen LogP contribution in [-0.4, -0.2) is 32.6 Å². The highest BCUT2D eigenvalue weighted by atomic mass is 79.9. The molecule has 7 nitrogen and oxygen atoms in total. The predicted molar refractivity (Wildman–Crippen MR) is 120 cm³/mol. The van der Waals surface area contributed by atoms with Crippen LogP contribution >= 0.6 is 27.3 Å². The van der Waals surface area contributed by atoms with Crippen molar-refractivity contribution in [1.82, 2.24) is 20.1 Å². The van der Waals surface area contributed by atoms with Crippen LogP contribution in [0.25, 0.3) is 0 Å². The fourth-order valence-corrected chi connectivity index (χ4v) is 4.96. The van der Waals surface area contributed by atoms with E-state index in [4.69, 9.17) is 0 Å². The van der Waals surface area contributed by atoms with Crippen molar-refractivity contribution in [3.05, 3.63) is 62.8 Å². The summed E-state index contributed by atoms with van der Waals surface area (Å²) in [7, 11) is 0. The van der Waals surface area contributed by atoms with Crippen LogP contribution in [0.2, 0.25) is 0 Å². The van der Waals surface area contributed by atoms with E-state index in [0.717, 1.165) is 41.4 Å². The number of thiophene rings is 1. The Kier molecular flexibility index (Phi) is 6.29. The molecule has 0 bridgehead atoms. The summed E-state index contributed by atoms with van der Waals surface area (Å²) >= 11 is 4.63. The summed E-state index contributed by atoms with van der Waals surface area (Å²) in [6, 6.07) is 9.58. The molecule has 156 valence electrons. The third-order valence-corrected chi connectivity index (χ3v) is 6.91. The number of aryl methyl sites for hydroxylation is 1. The molecule has 3 aromatic rings. The van der Waals surface area contributed by atoms with Gasteiger partial charge < -0.3 is 10.6 Å². The van der Waals surface area contributed by atoms with E-state index in [1.165, 1.54) is 11.3 Å². The topological polar surface area (TPSA) is 88.9 Å². The van der Waals surface area contributed by atoms with Crippen LogP contribution in [0.3, 0.4) is 0 Å². The Hall–Kier alpha value is -2.52. The molecule has 1 aromatic carbocycles. The van der Waals surface area contributed by atoms with Gasteiger partial charge in [0.2, 0.25) is 0 Å². The van der Waals surface area contributed by atoms with Crippen molar-refractivity contribution in [2.24, 2.45) is 0 Å². The summed E-state index contributed by atoms with van der Waals surface area (Å²) in [6.07, 6.45) is 7.02. The molecule has 0 spiro atoms. The normalized spacial score (nSPS) is 18.7. The fourth-order valence-electron chi connectivity index (χ4n) is 3.68. The maximum absolute atomic E-state index is 12.6. The van der Waals surface area contributed by atoms with E-state index in [0.29, 0.717) is 15.8 Å². The van der Waals surface area contributed by atoms with E-state index in [2.05, 4.69) is 36.6 Å². The van der Waals surface area contributed by atoms with Gasteiger partial charge in [-0.15, -0.1) is 11.3 Å². The second kappa shape index (κ2) is 9.09. The van der Waals surface area contributed by atoms with Crippen molar-refractivity contribution < 1.29 is 9.59 Å². The molecule has 2 heterocycles. The lowest BCUT2D eigenvalue weighted by Gasteiger charge is -2.28. The lowest BCUT2D eigenvalue weighted by Crippen LogP contribution is -2.37. The number of anilines is 1. The van der Waals surface area contributed by atoms with Crippen molar-refractivity contribution in [2.75, 3.05) is 5.32 Å². The van der Waals surface area contributed by atoms with Gasteiger partial charge in [0.25, 0.3) is 11.8 Å². The van der Waals surface area contributed by atoms with Gasteiger partial charge in [0, 0.05) is 16.2 Å². The molecule has 9 heteroatoms. The van der Waals surface area contributed by atoms with E-state index in [9.17, 15) is 9.59 Å². The van der Waals surface area contributed by atoms with Gasteiger partial charge >= 0.3 is 0 Å². The van der Waals surface area contributed by atoms with Crippen molar-refractivity contribution in [2.45, 2.75) is 44.7 Å². The minimum absolute atomic E-state index is 0.122. The van der Waals surface area contributed by atoms with E-state index < -0.39 is 0 Å². The van der Waals surface area contributed by atoms with Crippen LogP contribution in [0.4, 0.5) is 5.69 Å². The highest BCUT2D eigenvalue weighted by molar-refractivity contribution is 9.10. The third kappa shape index (κ3) is 4.79. The number of amides is 2. The maximum atomic E-state index is 12.6. The second-order valence-electron chi connectivity index (χ2n) is 7.43. The van der Waals surface area contributed by atoms with Gasteiger partial charge in [-0.25, -0.2) is 9.67 Å². The lowest BCUT2D eigenvalue weighted by atomic mass is 9.91. The Morgan fingerprint density at radius 2 is 1.83 bits per heavy atom. The molecule has 1 aliphatic carbocycles. The van der Waals surface area contributed by atoms with E-state index >= 15 is 0 Å². The first-order chi connectivity index (χ1) is 14.5. The van der Waals surface area contributed by atoms with Crippen LogP contribution in [0.15, 0.2) is 47.5 Å². The Morgan fingerprint density at radius 1 is 1.10 bits per heavy atom. The van der Waals surface area contributed by atoms with Crippen molar-refractivity contribution in [3.8, 4) is 0 Å². The number of aromatic nitrogens is 3. The highest BCUT2D eigenvalue weighted by Crippen LogP contribution is 2.28. The largest absolute Gasteiger partial charge is 0.349 e. The number of hydrogen-bond acceptors (Lipinski definition) is 5. The molecule has 0 unspecified atom stereocenters. The molecular formula is C21H22BrN5O2S. The number of nitrogens with zero attached hydrogens (tertiary/aromatic N) is 3. The summed E-state index contributed by atoms with van der Waals surface area (Å²) in [4.78, 5) is 30.3. The van der Waals surface area contributed by atoms with Gasteiger partial charge in [-0.1, -0.05) is 15.9 Å². The molecule has 0 saturated heterocycles. The zero-order chi connectivity index (χ0) is 21.1. The second-order valence-corrected chi connectivity index (χ2v) is 9.43. The van der Waals surface area contributed by atoms with Crippen molar-refractivity contribution in [3.63, 3.8) is 0 Å². The van der Waals surface area contributed by atoms with Gasteiger partial charge in [0.15, 0.2) is 0 Å². The summed E-state index contributed by atoms with van der Waals surface area (Å²) in [5, 5.41) is 10.2. The summed E-state index contributed by atoms with van der Waals surface area (Å²) in [5.41, 5.74) is 1.72. The Labute approximate surface area is 187 Å². The minimum Gasteiger partial charge on any atom is -0.349 e. The molecule has 30 heavy (non-hydrogen) atoms. The Bertz CT molecular complexity index is 1040.